The van der Waals surface area contributed by atoms with E-state index in [0.29, 0.717) is 12.8 Å². The van der Waals surface area contributed by atoms with Gasteiger partial charge in [0, 0.05) is 12.8 Å². The van der Waals surface area contributed by atoms with Crippen LogP contribution < -0.4 is 5.32 Å². The van der Waals surface area contributed by atoms with E-state index in [-0.39, 0.29) is 24.5 Å². The lowest BCUT2D eigenvalue weighted by Gasteiger charge is -2.18. The van der Waals surface area contributed by atoms with Gasteiger partial charge in [-0.2, -0.15) is 0 Å². The highest BCUT2D eigenvalue weighted by molar-refractivity contribution is 5.80. The average Bonchev–Trinajstić information content (AvgIpc) is 2.97. The van der Waals surface area contributed by atoms with Crippen LogP contribution >= 0.6 is 0 Å². The van der Waals surface area contributed by atoms with Gasteiger partial charge in [-0.15, -0.1) is 0 Å². The number of carboxylic acids is 1. The van der Waals surface area contributed by atoms with Gasteiger partial charge in [0.1, 0.15) is 12.6 Å². The Morgan fingerprint density at radius 1 is 0.595 bits per heavy atom. The topological polar surface area (TPSA) is 92.7 Å². The number of carbonyl (C=O) groups is 3. The van der Waals surface area contributed by atoms with Gasteiger partial charge in [0.05, 0.1) is 0 Å². The number of esters is 1. The first-order valence-electron chi connectivity index (χ1n) is 17.8. The normalized spacial score (nSPS) is 12.0. The molecule has 246 valence electrons. The van der Waals surface area contributed by atoms with Gasteiger partial charge in [0.25, 0.3) is 0 Å². The zero-order chi connectivity index (χ0) is 30.9. The molecular weight excluding hydrogens is 526 g/mol. The molecule has 1 amide bonds. The Bertz CT molecular complexity index is 663. The Hall–Kier alpha value is -1.85. The van der Waals surface area contributed by atoms with E-state index in [9.17, 15) is 14.4 Å². The largest absolute Gasteiger partial charge is 0.480 e. The van der Waals surface area contributed by atoms with E-state index in [2.05, 4.69) is 31.3 Å². The number of aliphatic carboxylic acids is 1. The molecule has 0 aliphatic carbocycles. The SMILES string of the molecule is CCCCCCCC/C=C\CCCCCCCCCC(=O)OC(CCCCCC)CCCCCCC(=O)NCC(=O)O. The fourth-order valence-corrected chi connectivity index (χ4v) is 5.27. The second-order valence-electron chi connectivity index (χ2n) is 12.1. The molecule has 2 N–H and O–H groups in total. The Morgan fingerprint density at radius 2 is 1.02 bits per heavy atom. The fraction of sp³-hybridized carbons (Fsp3) is 0.861. The molecule has 1 atom stereocenters. The monoisotopic (exact) mass is 594 g/mol. The first-order chi connectivity index (χ1) is 20.5. The molecule has 0 saturated heterocycles. The van der Waals surface area contributed by atoms with Gasteiger partial charge in [0.2, 0.25) is 5.91 Å². The molecule has 0 aliphatic heterocycles. The summed E-state index contributed by atoms with van der Waals surface area (Å²) in [4.78, 5) is 34.6. The first-order valence-corrected chi connectivity index (χ1v) is 17.8. The second-order valence-corrected chi connectivity index (χ2v) is 12.1. The van der Waals surface area contributed by atoms with Crippen LogP contribution in [0.4, 0.5) is 0 Å². The molecule has 42 heavy (non-hydrogen) atoms. The number of hydrogen-bond donors (Lipinski definition) is 2. The Labute approximate surface area is 259 Å². The fourth-order valence-electron chi connectivity index (χ4n) is 5.27. The van der Waals surface area contributed by atoms with Crippen molar-refractivity contribution in [2.45, 2.75) is 193 Å². The molecule has 0 aromatic rings. The van der Waals surface area contributed by atoms with Crippen LogP contribution in [0.5, 0.6) is 0 Å². The van der Waals surface area contributed by atoms with Gasteiger partial charge in [-0.1, -0.05) is 122 Å². The van der Waals surface area contributed by atoms with Crippen LogP contribution in [-0.2, 0) is 19.1 Å². The Balaban J connectivity index is 3.85. The lowest BCUT2D eigenvalue weighted by molar-refractivity contribution is -0.150. The highest BCUT2D eigenvalue weighted by Gasteiger charge is 2.14. The van der Waals surface area contributed by atoms with Gasteiger partial charge >= 0.3 is 11.9 Å². The lowest BCUT2D eigenvalue weighted by Crippen LogP contribution is -2.28. The van der Waals surface area contributed by atoms with Crippen molar-refractivity contribution in [3.8, 4) is 0 Å². The lowest BCUT2D eigenvalue weighted by atomic mass is 10.0. The van der Waals surface area contributed by atoms with E-state index >= 15 is 0 Å². The van der Waals surface area contributed by atoms with Gasteiger partial charge in [-0.05, 0) is 64.2 Å². The molecule has 0 aromatic carbocycles. The summed E-state index contributed by atoms with van der Waals surface area (Å²) in [5.41, 5.74) is 0. The Morgan fingerprint density at radius 3 is 1.55 bits per heavy atom. The van der Waals surface area contributed by atoms with Crippen molar-refractivity contribution in [1.29, 1.82) is 0 Å². The van der Waals surface area contributed by atoms with Crippen molar-refractivity contribution in [3.63, 3.8) is 0 Å². The summed E-state index contributed by atoms with van der Waals surface area (Å²) >= 11 is 0. The van der Waals surface area contributed by atoms with E-state index in [0.717, 1.165) is 57.8 Å². The minimum atomic E-state index is -1.02. The van der Waals surface area contributed by atoms with Crippen LogP contribution in [0.25, 0.3) is 0 Å². The minimum Gasteiger partial charge on any atom is -0.480 e. The summed E-state index contributed by atoms with van der Waals surface area (Å²) in [7, 11) is 0. The summed E-state index contributed by atoms with van der Waals surface area (Å²) in [6.45, 7) is 4.15. The second kappa shape index (κ2) is 32.1. The zero-order valence-electron chi connectivity index (χ0n) is 27.6. The third-order valence-electron chi connectivity index (χ3n) is 7.94. The van der Waals surface area contributed by atoms with Gasteiger partial charge in [0.15, 0.2) is 0 Å². The maximum absolute atomic E-state index is 12.5. The number of hydrogen-bond acceptors (Lipinski definition) is 4. The van der Waals surface area contributed by atoms with Crippen molar-refractivity contribution >= 4 is 17.8 Å². The summed E-state index contributed by atoms with van der Waals surface area (Å²) in [5, 5.41) is 11.0. The quantitative estimate of drug-likeness (QED) is 0.0460. The number of carboxylic acid groups (broad SMARTS) is 1. The van der Waals surface area contributed by atoms with Gasteiger partial charge in [-0.3, -0.25) is 14.4 Å². The molecule has 0 bridgehead atoms. The van der Waals surface area contributed by atoms with E-state index in [1.54, 1.807) is 0 Å². The van der Waals surface area contributed by atoms with Crippen LogP contribution in [0.2, 0.25) is 0 Å². The predicted octanol–water partition coefficient (Wildman–Crippen LogP) is 10.2. The summed E-state index contributed by atoms with van der Waals surface area (Å²) < 4.78 is 5.89. The maximum Gasteiger partial charge on any atom is 0.322 e. The average molecular weight is 594 g/mol. The van der Waals surface area contributed by atoms with Crippen molar-refractivity contribution in [1.82, 2.24) is 5.32 Å². The highest BCUT2D eigenvalue weighted by atomic mass is 16.5. The summed E-state index contributed by atoms with van der Waals surface area (Å²) in [5.74, 6) is -1.27. The summed E-state index contributed by atoms with van der Waals surface area (Å²) in [6.07, 6.45) is 34.9. The molecule has 0 fully saturated rings. The number of nitrogens with one attached hydrogen (secondary N) is 1. The Kier molecular flexibility index (Phi) is 30.7. The summed E-state index contributed by atoms with van der Waals surface area (Å²) in [6, 6.07) is 0. The molecule has 6 heteroatoms. The van der Waals surface area contributed by atoms with Crippen molar-refractivity contribution in [2.75, 3.05) is 6.54 Å². The number of allylic oxidation sites excluding steroid dienone is 2. The van der Waals surface area contributed by atoms with Crippen LogP contribution in [0, 0.1) is 0 Å². The van der Waals surface area contributed by atoms with Crippen molar-refractivity contribution < 1.29 is 24.2 Å². The van der Waals surface area contributed by atoms with Crippen molar-refractivity contribution in [2.24, 2.45) is 0 Å². The van der Waals surface area contributed by atoms with Crippen LogP contribution in [0.15, 0.2) is 12.2 Å². The molecule has 0 rings (SSSR count). The molecule has 1 unspecified atom stereocenters. The molecule has 0 aliphatic rings. The van der Waals surface area contributed by atoms with E-state index in [1.165, 1.54) is 103 Å². The van der Waals surface area contributed by atoms with Crippen molar-refractivity contribution in [3.05, 3.63) is 12.2 Å². The highest BCUT2D eigenvalue weighted by Crippen LogP contribution is 2.18. The smallest absolute Gasteiger partial charge is 0.322 e. The third-order valence-corrected chi connectivity index (χ3v) is 7.94. The third kappa shape index (κ3) is 31.1. The van der Waals surface area contributed by atoms with Gasteiger partial charge in [-0.25, -0.2) is 0 Å². The molecule has 0 radical (unpaired) electrons. The van der Waals surface area contributed by atoms with Crippen LogP contribution in [0.1, 0.15) is 187 Å². The number of ether oxygens (including phenoxy) is 1. The minimum absolute atomic E-state index is 0.00747. The molecule has 0 heterocycles. The predicted molar refractivity (Wildman–Crippen MR) is 176 cm³/mol. The molecule has 0 aromatic heterocycles. The van der Waals surface area contributed by atoms with E-state index in [4.69, 9.17) is 9.84 Å². The molecule has 0 saturated carbocycles. The number of carbonyl (C=O) groups excluding carboxylic acids is 2. The van der Waals surface area contributed by atoms with E-state index in [1.807, 2.05) is 0 Å². The van der Waals surface area contributed by atoms with Gasteiger partial charge < -0.3 is 15.2 Å². The number of unbranched alkanes of at least 4 members (excludes halogenated alkanes) is 19. The maximum atomic E-state index is 12.5. The molecule has 6 nitrogen and oxygen atoms in total. The van der Waals surface area contributed by atoms with Crippen LogP contribution in [-0.4, -0.2) is 35.6 Å². The van der Waals surface area contributed by atoms with E-state index < -0.39 is 5.97 Å². The van der Waals surface area contributed by atoms with Crippen LogP contribution in [0.3, 0.4) is 0 Å². The molecule has 0 spiro atoms. The number of rotatable bonds is 32. The molecular formula is C36H67NO5. The standard InChI is InChI=1S/C36H67NO5/c1-3-5-7-9-10-11-12-13-14-15-16-17-18-19-20-21-27-31-36(41)42-33(28-24-8-6-4-2)29-25-22-23-26-30-34(38)37-32-35(39)40/h13-14,33H,3-12,15-32H2,1-2H3,(H,37,38)(H,39,40)/b14-13-. The zero-order valence-corrected chi connectivity index (χ0v) is 27.6. The first kappa shape index (κ1) is 40.1. The number of amides is 1.